The number of fused-ring (bicyclic) bond motifs is 14. The molecule has 0 nitrogen and oxygen atoms in total. The number of benzene rings is 10. The molecule has 0 N–H and O–H groups in total. The van der Waals surface area contributed by atoms with Gasteiger partial charge < -0.3 is 0 Å². The fraction of sp³-hybridized carbons (Fsp3) is 0.100. The van der Waals surface area contributed by atoms with Gasteiger partial charge in [0.2, 0.25) is 0 Å². The molecule has 61 heavy (non-hydrogen) atoms. The van der Waals surface area contributed by atoms with Crippen molar-refractivity contribution in [2.45, 2.75) is 38.5 Å². The average Bonchev–Trinajstić information content (AvgIpc) is 3.87. The zero-order chi connectivity index (χ0) is 40.8. The van der Waals surface area contributed by atoms with E-state index in [9.17, 15) is 0 Å². The Kier molecular flexibility index (Phi) is 7.11. The van der Waals surface area contributed by atoms with E-state index in [-0.39, 0.29) is 10.8 Å². The highest BCUT2D eigenvalue weighted by Crippen LogP contribution is 2.55. The van der Waals surface area contributed by atoms with Gasteiger partial charge >= 0.3 is 0 Å². The second-order valence-corrected chi connectivity index (χ2v) is 19.4. The number of hydrogen-bond donors (Lipinski definition) is 0. The Hall–Kier alpha value is -6.80. The fourth-order valence-corrected chi connectivity index (χ4v) is 12.8. The van der Waals surface area contributed by atoms with Crippen LogP contribution in [0, 0.1) is 0 Å². The maximum Gasteiger partial charge on any atom is 0.0433 e. The van der Waals surface area contributed by atoms with Crippen LogP contribution in [-0.2, 0) is 10.8 Å². The van der Waals surface area contributed by atoms with Crippen LogP contribution in [0.2, 0.25) is 0 Å². The van der Waals surface area contributed by atoms with Crippen LogP contribution in [0.4, 0.5) is 0 Å². The van der Waals surface area contributed by atoms with E-state index in [1.54, 1.807) is 0 Å². The van der Waals surface area contributed by atoms with Gasteiger partial charge in [0.15, 0.2) is 0 Å². The summed E-state index contributed by atoms with van der Waals surface area (Å²) >= 11 is 1.94. The molecule has 0 radical (unpaired) electrons. The summed E-state index contributed by atoms with van der Waals surface area (Å²) < 4.78 is 2.75. The zero-order valence-corrected chi connectivity index (χ0v) is 35.5. The van der Waals surface area contributed by atoms with Crippen LogP contribution in [0.25, 0.3) is 108 Å². The summed E-state index contributed by atoms with van der Waals surface area (Å²) in [6.07, 6.45) is 0. The zero-order valence-electron chi connectivity index (χ0n) is 34.7. The Bertz CT molecular complexity index is 3630. The molecule has 1 heteroatoms. The molecule has 1 aromatic heterocycles. The molecular formula is C60H42S. The summed E-state index contributed by atoms with van der Waals surface area (Å²) in [5, 5.41) is 10.5. The lowest BCUT2D eigenvalue weighted by Crippen LogP contribution is -2.15. The van der Waals surface area contributed by atoms with E-state index in [1.165, 1.54) is 130 Å². The van der Waals surface area contributed by atoms with Crippen molar-refractivity contribution in [2.75, 3.05) is 0 Å². The SMILES string of the molecule is CC1(C)c2ccccc2-c2cc(-c3c4ccccc4c(-c4ccc(-c5ccc6c(ccc7c6sc6ccc8c(c67)C(C)(C)c6ccccc6-8)c5)cc4)c4ccccc34)ccc21. The monoisotopic (exact) mass is 794 g/mol. The van der Waals surface area contributed by atoms with Gasteiger partial charge in [-0.15, -0.1) is 11.3 Å². The van der Waals surface area contributed by atoms with E-state index in [0.29, 0.717) is 0 Å². The number of thiophene rings is 1. The third-order valence-electron chi connectivity index (χ3n) is 14.4. The molecule has 0 saturated carbocycles. The Morgan fingerprint density at radius 2 is 0.869 bits per heavy atom. The highest BCUT2D eigenvalue weighted by atomic mass is 32.1. The van der Waals surface area contributed by atoms with Gasteiger partial charge in [-0.2, -0.15) is 0 Å². The molecule has 10 aromatic carbocycles. The predicted octanol–water partition coefficient (Wildman–Crippen LogP) is 17.1. The van der Waals surface area contributed by atoms with E-state index >= 15 is 0 Å². The number of hydrogen-bond acceptors (Lipinski definition) is 1. The van der Waals surface area contributed by atoms with E-state index in [0.717, 1.165) is 0 Å². The summed E-state index contributed by atoms with van der Waals surface area (Å²) in [4.78, 5) is 0. The van der Waals surface area contributed by atoms with Crippen LogP contribution in [0.3, 0.4) is 0 Å². The van der Waals surface area contributed by atoms with Crippen LogP contribution in [0.5, 0.6) is 0 Å². The Morgan fingerprint density at radius 3 is 1.56 bits per heavy atom. The third-order valence-corrected chi connectivity index (χ3v) is 15.6. The molecular weight excluding hydrogens is 753 g/mol. The second-order valence-electron chi connectivity index (χ2n) is 18.4. The first-order valence-electron chi connectivity index (χ1n) is 21.6. The van der Waals surface area contributed by atoms with Gasteiger partial charge in [0.25, 0.3) is 0 Å². The minimum absolute atomic E-state index is 0.0187. The summed E-state index contributed by atoms with van der Waals surface area (Å²) in [6.45, 7) is 9.51. The van der Waals surface area contributed by atoms with Crippen molar-refractivity contribution in [1.82, 2.24) is 0 Å². The Labute approximate surface area is 360 Å². The van der Waals surface area contributed by atoms with Gasteiger partial charge in [0, 0.05) is 31.0 Å². The lowest BCUT2D eigenvalue weighted by Gasteiger charge is -2.22. The molecule has 0 bridgehead atoms. The molecule has 1 heterocycles. The molecule has 0 fully saturated rings. The van der Waals surface area contributed by atoms with Gasteiger partial charge in [0.1, 0.15) is 0 Å². The highest BCUT2D eigenvalue weighted by Gasteiger charge is 2.38. The largest absolute Gasteiger partial charge is 0.135 e. The molecule has 11 aromatic rings. The molecule has 0 aliphatic heterocycles. The molecule has 2 aliphatic carbocycles. The predicted molar refractivity (Wildman–Crippen MR) is 263 cm³/mol. The van der Waals surface area contributed by atoms with Gasteiger partial charge in [0.05, 0.1) is 0 Å². The minimum Gasteiger partial charge on any atom is -0.135 e. The van der Waals surface area contributed by atoms with Gasteiger partial charge in [-0.3, -0.25) is 0 Å². The Morgan fingerprint density at radius 1 is 0.344 bits per heavy atom. The number of rotatable bonds is 3. The van der Waals surface area contributed by atoms with Crippen LogP contribution in [-0.4, -0.2) is 0 Å². The summed E-state index contributed by atoms with van der Waals surface area (Å²) in [6, 6.07) is 68.9. The quantitative estimate of drug-likeness (QED) is 0.156. The average molecular weight is 795 g/mol. The van der Waals surface area contributed by atoms with E-state index < -0.39 is 0 Å². The van der Waals surface area contributed by atoms with Crippen molar-refractivity contribution in [3.63, 3.8) is 0 Å². The van der Waals surface area contributed by atoms with Crippen molar-refractivity contribution >= 4 is 63.8 Å². The molecule has 0 amide bonds. The second kappa shape index (κ2) is 12.4. The molecule has 13 rings (SSSR count). The topological polar surface area (TPSA) is 0 Å². The maximum atomic E-state index is 2.45. The molecule has 0 unspecified atom stereocenters. The lowest BCUT2D eigenvalue weighted by atomic mass is 9.80. The highest BCUT2D eigenvalue weighted by molar-refractivity contribution is 7.26. The van der Waals surface area contributed by atoms with Crippen LogP contribution in [0.15, 0.2) is 182 Å². The summed E-state index contributed by atoms with van der Waals surface area (Å²) in [5.41, 5.74) is 18.7. The molecule has 0 spiro atoms. The van der Waals surface area contributed by atoms with Crippen LogP contribution >= 0.6 is 11.3 Å². The van der Waals surface area contributed by atoms with Gasteiger partial charge in [-0.25, -0.2) is 0 Å². The van der Waals surface area contributed by atoms with E-state index in [1.807, 2.05) is 11.3 Å². The minimum atomic E-state index is -0.0435. The van der Waals surface area contributed by atoms with Crippen molar-refractivity contribution in [2.24, 2.45) is 0 Å². The van der Waals surface area contributed by atoms with Crippen molar-refractivity contribution < 1.29 is 0 Å². The Balaban J connectivity index is 0.911. The first kappa shape index (κ1) is 35.0. The standard InChI is InChI=1S/C60H42S/c1-59(2)50-19-11-10-14-42(50)49-34-39(27-31-52(49)59)55-45-17-7-5-15-43(45)54(44-16-6-8-18-46(44)55)36-23-21-35(22-24-36)37-25-28-40-38(33-37)26-29-48-56-53(61-58(40)48)32-30-47-41-13-9-12-20-51(41)60(3,4)57(47)56/h5-34H,1-4H3. The molecule has 0 atom stereocenters. The van der Waals surface area contributed by atoms with Crippen molar-refractivity contribution in [3.8, 4) is 55.6 Å². The maximum absolute atomic E-state index is 2.45. The summed E-state index contributed by atoms with van der Waals surface area (Å²) in [7, 11) is 0. The normalized spacial score (nSPS) is 14.5. The molecule has 288 valence electrons. The van der Waals surface area contributed by atoms with Crippen molar-refractivity contribution in [1.29, 1.82) is 0 Å². The van der Waals surface area contributed by atoms with Crippen molar-refractivity contribution in [3.05, 3.63) is 204 Å². The van der Waals surface area contributed by atoms with E-state index in [2.05, 4.69) is 210 Å². The third kappa shape index (κ3) is 4.76. The first-order valence-corrected chi connectivity index (χ1v) is 22.4. The molecule has 0 saturated heterocycles. The summed E-state index contributed by atoms with van der Waals surface area (Å²) in [5.74, 6) is 0. The molecule has 2 aliphatic rings. The fourth-order valence-electron chi connectivity index (χ4n) is 11.6. The smallest absolute Gasteiger partial charge is 0.0433 e. The lowest BCUT2D eigenvalue weighted by molar-refractivity contribution is 0.660. The van der Waals surface area contributed by atoms with Gasteiger partial charge in [-0.1, -0.05) is 191 Å². The first-order chi connectivity index (χ1) is 29.8. The van der Waals surface area contributed by atoms with Crippen LogP contribution in [0.1, 0.15) is 49.9 Å². The van der Waals surface area contributed by atoms with Gasteiger partial charge in [-0.05, 0) is 128 Å². The van der Waals surface area contributed by atoms with Crippen LogP contribution < -0.4 is 0 Å². The van der Waals surface area contributed by atoms with E-state index in [4.69, 9.17) is 0 Å².